The molecule has 0 saturated heterocycles. The molecular formula is C11H23N. The third kappa shape index (κ3) is 7.80. The van der Waals surface area contributed by atoms with Crippen LogP contribution >= 0.6 is 0 Å². The van der Waals surface area contributed by atoms with Crippen LogP contribution in [0.25, 0.3) is 0 Å². The Labute approximate surface area is 77.2 Å². The van der Waals surface area contributed by atoms with Gasteiger partial charge in [-0.15, -0.1) is 0 Å². The van der Waals surface area contributed by atoms with Crippen LogP contribution in [0.1, 0.15) is 40.0 Å². The smallest absolute Gasteiger partial charge is 0.0161 e. The summed E-state index contributed by atoms with van der Waals surface area (Å²) in [4.78, 5) is 0. The fourth-order valence-corrected chi connectivity index (χ4v) is 1.03. The van der Waals surface area contributed by atoms with Gasteiger partial charge in [-0.3, -0.25) is 0 Å². The summed E-state index contributed by atoms with van der Waals surface area (Å²) in [6, 6.07) is 0. The minimum atomic E-state index is 0.834. The Kier molecular flexibility index (Phi) is 7.17. The lowest BCUT2D eigenvalue weighted by atomic mass is 10.1. The first-order chi connectivity index (χ1) is 5.66. The van der Waals surface area contributed by atoms with Crippen LogP contribution in [-0.2, 0) is 0 Å². The van der Waals surface area contributed by atoms with Gasteiger partial charge in [-0.05, 0) is 31.7 Å². The van der Waals surface area contributed by atoms with Gasteiger partial charge in [0, 0.05) is 6.54 Å². The Morgan fingerprint density at radius 3 is 2.58 bits per heavy atom. The molecule has 0 aromatic carbocycles. The van der Waals surface area contributed by atoms with Crippen LogP contribution < -0.4 is 5.32 Å². The molecule has 12 heavy (non-hydrogen) atoms. The van der Waals surface area contributed by atoms with Gasteiger partial charge in [-0.25, -0.2) is 0 Å². The van der Waals surface area contributed by atoms with Crippen molar-refractivity contribution in [2.24, 2.45) is 5.92 Å². The summed E-state index contributed by atoms with van der Waals surface area (Å²) in [5.74, 6) is 0.834. The quantitative estimate of drug-likeness (QED) is 0.456. The highest BCUT2D eigenvalue weighted by molar-refractivity contribution is 4.94. The van der Waals surface area contributed by atoms with Crippen molar-refractivity contribution in [3.8, 4) is 0 Å². The highest BCUT2D eigenvalue weighted by Gasteiger charge is 1.93. The maximum Gasteiger partial charge on any atom is 0.0161 e. The number of hydrogen-bond donors (Lipinski definition) is 1. The zero-order chi connectivity index (χ0) is 9.40. The van der Waals surface area contributed by atoms with E-state index in [2.05, 4.69) is 32.7 Å². The van der Waals surface area contributed by atoms with Crippen molar-refractivity contribution >= 4 is 0 Å². The van der Waals surface area contributed by atoms with Gasteiger partial charge in [-0.2, -0.15) is 0 Å². The van der Waals surface area contributed by atoms with Crippen molar-refractivity contribution in [1.29, 1.82) is 0 Å². The van der Waals surface area contributed by atoms with E-state index in [0.29, 0.717) is 0 Å². The number of hydrogen-bond acceptors (Lipinski definition) is 1. The largest absolute Gasteiger partial charge is 0.313 e. The standard InChI is InChI=1S/C11H23N/c1-5-11(4)9-12-8-6-7-10(2)3/h10,12H,4-9H2,1-3H3. The van der Waals surface area contributed by atoms with E-state index >= 15 is 0 Å². The van der Waals surface area contributed by atoms with Gasteiger partial charge in [-0.1, -0.05) is 32.9 Å². The molecule has 0 amide bonds. The lowest BCUT2D eigenvalue weighted by molar-refractivity contribution is 0.534. The Bertz CT molecular complexity index is 116. The first-order valence-corrected chi connectivity index (χ1v) is 5.04. The first kappa shape index (κ1) is 11.7. The second kappa shape index (κ2) is 7.35. The molecule has 0 aliphatic rings. The van der Waals surface area contributed by atoms with E-state index in [9.17, 15) is 0 Å². The molecule has 1 nitrogen and oxygen atoms in total. The normalized spacial score (nSPS) is 10.7. The predicted molar refractivity (Wildman–Crippen MR) is 56.4 cm³/mol. The van der Waals surface area contributed by atoms with Crippen molar-refractivity contribution in [2.75, 3.05) is 13.1 Å². The van der Waals surface area contributed by atoms with Crippen LogP contribution in [0.5, 0.6) is 0 Å². The molecule has 72 valence electrons. The van der Waals surface area contributed by atoms with Crippen molar-refractivity contribution in [3.05, 3.63) is 12.2 Å². The first-order valence-electron chi connectivity index (χ1n) is 5.04. The average Bonchev–Trinajstić information content (AvgIpc) is 2.03. The van der Waals surface area contributed by atoms with E-state index in [4.69, 9.17) is 0 Å². The highest BCUT2D eigenvalue weighted by atomic mass is 14.8. The maximum absolute atomic E-state index is 3.94. The van der Waals surface area contributed by atoms with Crippen LogP contribution in [-0.4, -0.2) is 13.1 Å². The molecule has 0 aliphatic heterocycles. The van der Waals surface area contributed by atoms with E-state index in [1.54, 1.807) is 0 Å². The van der Waals surface area contributed by atoms with Gasteiger partial charge in [0.15, 0.2) is 0 Å². The number of rotatable bonds is 7. The summed E-state index contributed by atoms with van der Waals surface area (Å²) in [6.45, 7) is 12.8. The fraction of sp³-hybridized carbons (Fsp3) is 0.818. The molecule has 0 rings (SSSR count). The average molecular weight is 169 g/mol. The molecule has 0 unspecified atom stereocenters. The SMILES string of the molecule is C=C(CC)CNCCCC(C)C. The molecular weight excluding hydrogens is 146 g/mol. The molecule has 0 fully saturated rings. The molecule has 1 N–H and O–H groups in total. The van der Waals surface area contributed by atoms with E-state index < -0.39 is 0 Å². The van der Waals surface area contributed by atoms with Crippen LogP contribution in [0.15, 0.2) is 12.2 Å². The van der Waals surface area contributed by atoms with E-state index in [0.717, 1.165) is 25.4 Å². The Morgan fingerprint density at radius 2 is 2.08 bits per heavy atom. The molecule has 0 aliphatic carbocycles. The van der Waals surface area contributed by atoms with Crippen LogP contribution in [0.3, 0.4) is 0 Å². The summed E-state index contributed by atoms with van der Waals surface area (Å²) >= 11 is 0. The lowest BCUT2D eigenvalue weighted by Crippen LogP contribution is -2.18. The van der Waals surface area contributed by atoms with Gasteiger partial charge in [0.1, 0.15) is 0 Å². The van der Waals surface area contributed by atoms with Crippen LogP contribution in [0.2, 0.25) is 0 Å². The minimum absolute atomic E-state index is 0.834. The van der Waals surface area contributed by atoms with E-state index in [1.807, 2.05) is 0 Å². The maximum atomic E-state index is 3.94. The molecule has 0 radical (unpaired) electrons. The van der Waals surface area contributed by atoms with Crippen LogP contribution in [0, 0.1) is 5.92 Å². The van der Waals surface area contributed by atoms with Crippen molar-refractivity contribution in [2.45, 2.75) is 40.0 Å². The van der Waals surface area contributed by atoms with Crippen molar-refractivity contribution < 1.29 is 0 Å². The fourth-order valence-electron chi connectivity index (χ4n) is 1.03. The molecule has 1 heteroatoms. The molecule has 0 aromatic rings. The van der Waals surface area contributed by atoms with Crippen molar-refractivity contribution in [1.82, 2.24) is 5.32 Å². The highest BCUT2D eigenvalue weighted by Crippen LogP contribution is 2.02. The Balaban J connectivity index is 3.05. The third-order valence-corrected chi connectivity index (χ3v) is 2.01. The van der Waals surface area contributed by atoms with E-state index in [-0.39, 0.29) is 0 Å². The zero-order valence-corrected chi connectivity index (χ0v) is 8.82. The topological polar surface area (TPSA) is 12.0 Å². The number of nitrogens with one attached hydrogen (secondary N) is 1. The minimum Gasteiger partial charge on any atom is -0.313 e. The Hall–Kier alpha value is -0.300. The molecule has 0 heterocycles. The third-order valence-electron chi connectivity index (χ3n) is 2.01. The van der Waals surface area contributed by atoms with Gasteiger partial charge in [0.2, 0.25) is 0 Å². The summed E-state index contributed by atoms with van der Waals surface area (Å²) in [6.07, 6.45) is 3.71. The van der Waals surface area contributed by atoms with Gasteiger partial charge in [0.05, 0.1) is 0 Å². The summed E-state index contributed by atoms with van der Waals surface area (Å²) in [7, 11) is 0. The Morgan fingerprint density at radius 1 is 1.42 bits per heavy atom. The van der Waals surface area contributed by atoms with Crippen LogP contribution in [0.4, 0.5) is 0 Å². The molecule has 0 spiro atoms. The van der Waals surface area contributed by atoms with Gasteiger partial charge >= 0.3 is 0 Å². The summed E-state index contributed by atoms with van der Waals surface area (Å²) in [5, 5.41) is 3.39. The van der Waals surface area contributed by atoms with E-state index in [1.165, 1.54) is 18.4 Å². The summed E-state index contributed by atoms with van der Waals surface area (Å²) < 4.78 is 0. The van der Waals surface area contributed by atoms with Crippen molar-refractivity contribution in [3.63, 3.8) is 0 Å². The predicted octanol–water partition coefficient (Wildman–Crippen LogP) is 2.98. The van der Waals surface area contributed by atoms with Gasteiger partial charge < -0.3 is 5.32 Å². The second-order valence-corrected chi connectivity index (χ2v) is 3.82. The lowest BCUT2D eigenvalue weighted by Gasteiger charge is -2.06. The molecule has 0 bridgehead atoms. The molecule has 0 atom stereocenters. The van der Waals surface area contributed by atoms with Gasteiger partial charge in [0.25, 0.3) is 0 Å². The monoisotopic (exact) mass is 169 g/mol. The molecule has 0 aromatic heterocycles. The summed E-state index contributed by atoms with van der Waals surface area (Å²) in [5.41, 5.74) is 1.31. The second-order valence-electron chi connectivity index (χ2n) is 3.82. The molecule has 0 saturated carbocycles. The zero-order valence-electron chi connectivity index (χ0n) is 8.82.